The van der Waals surface area contributed by atoms with Crippen molar-refractivity contribution in [2.45, 2.75) is 25.3 Å². The van der Waals surface area contributed by atoms with Crippen LogP contribution < -0.4 is 0 Å². The summed E-state index contributed by atoms with van der Waals surface area (Å²) in [5.74, 6) is -0.880. The summed E-state index contributed by atoms with van der Waals surface area (Å²) >= 11 is 1.69. The van der Waals surface area contributed by atoms with Gasteiger partial charge in [0.2, 0.25) is 5.91 Å². The maximum absolute atomic E-state index is 12.6. The zero-order chi connectivity index (χ0) is 15.2. The van der Waals surface area contributed by atoms with Crippen molar-refractivity contribution >= 4 is 17.2 Å². The van der Waals surface area contributed by atoms with Crippen LogP contribution in [0.3, 0.4) is 0 Å². The van der Waals surface area contributed by atoms with Gasteiger partial charge in [-0.3, -0.25) is 4.79 Å². The molecular formula is C17H18N2OS. The van der Waals surface area contributed by atoms with Gasteiger partial charge in [0.15, 0.2) is 0 Å². The van der Waals surface area contributed by atoms with Gasteiger partial charge in [-0.05, 0) is 23.9 Å². The SMILES string of the molecule is CC(Cc1cccs1)N(C)C(=O)C(C#N)c1ccccc1. The van der Waals surface area contributed by atoms with Crippen LogP contribution in [0.2, 0.25) is 0 Å². The molecular weight excluding hydrogens is 280 g/mol. The van der Waals surface area contributed by atoms with E-state index in [1.807, 2.05) is 48.7 Å². The fourth-order valence-electron chi connectivity index (χ4n) is 2.20. The Balaban J connectivity index is 2.08. The smallest absolute Gasteiger partial charge is 0.244 e. The van der Waals surface area contributed by atoms with Gasteiger partial charge >= 0.3 is 0 Å². The molecule has 0 radical (unpaired) electrons. The molecule has 3 nitrogen and oxygen atoms in total. The van der Waals surface area contributed by atoms with Gasteiger partial charge in [0.1, 0.15) is 5.92 Å². The molecule has 0 fully saturated rings. The number of nitrogens with zero attached hydrogens (tertiary/aromatic N) is 2. The molecule has 108 valence electrons. The first-order chi connectivity index (χ1) is 10.1. The Labute approximate surface area is 129 Å². The molecule has 0 aliphatic carbocycles. The van der Waals surface area contributed by atoms with Crippen LogP contribution in [0, 0.1) is 11.3 Å². The number of benzene rings is 1. The predicted molar refractivity (Wildman–Crippen MR) is 85.1 cm³/mol. The van der Waals surface area contributed by atoms with E-state index in [0.717, 1.165) is 12.0 Å². The Morgan fingerprint density at radius 1 is 1.29 bits per heavy atom. The van der Waals surface area contributed by atoms with Gasteiger partial charge in [0.25, 0.3) is 0 Å². The van der Waals surface area contributed by atoms with E-state index >= 15 is 0 Å². The quantitative estimate of drug-likeness (QED) is 0.848. The fraction of sp³-hybridized carbons (Fsp3) is 0.294. The Bertz CT molecular complexity index is 616. The highest BCUT2D eigenvalue weighted by molar-refractivity contribution is 7.09. The van der Waals surface area contributed by atoms with Crippen LogP contribution in [0.1, 0.15) is 23.3 Å². The van der Waals surface area contributed by atoms with E-state index in [-0.39, 0.29) is 11.9 Å². The Morgan fingerprint density at radius 2 is 2.00 bits per heavy atom. The molecule has 0 spiro atoms. The average molecular weight is 298 g/mol. The monoisotopic (exact) mass is 298 g/mol. The van der Waals surface area contributed by atoms with Gasteiger partial charge in [0, 0.05) is 24.4 Å². The Hall–Kier alpha value is -2.12. The highest BCUT2D eigenvalue weighted by Gasteiger charge is 2.26. The molecule has 1 aromatic carbocycles. The van der Waals surface area contributed by atoms with Crippen molar-refractivity contribution in [1.82, 2.24) is 4.90 Å². The summed E-state index contributed by atoms with van der Waals surface area (Å²) in [6, 6.07) is 15.5. The van der Waals surface area contributed by atoms with Crippen molar-refractivity contribution < 1.29 is 4.79 Å². The summed E-state index contributed by atoms with van der Waals surface area (Å²) < 4.78 is 0. The first-order valence-corrected chi connectivity index (χ1v) is 7.75. The number of rotatable bonds is 5. The molecule has 2 rings (SSSR count). The number of hydrogen-bond acceptors (Lipinski definition) is 3. The van der Waals surface area contributed by atoms with E-state index in [4.69, 9.17) is 0 Å². The third-order valence-corrected chi connectivity index (χ3v) is 4.49. The highest BCUT2D eigenvalue weighted by Crippen LogP contribution is 2.20. The summed E-state index contributed by atoms with van der Waals surface area (Å²) in [4.78, 5) is 15.5. The maximum atomic E-state index is 12.6. The summed E-state index contributed by atoms with van der Waals surface area (Å²) in [5.41, 5.74) is 0.750. The van der Waals surface area contributed by atoms with E-state index in [2.05, 4.69) is 12.1 Å². The number of carbonyl (C=O) groups excluding carboxylic acids is 1. The maximum Gasteiger partial charge on any atom is 0.244 e. The lowest BCUT2D eigenvalue weighted by molar-refractivity contribution is -0.131. The van der Waals surface area contributed by atoms with Crippen LogP contribution in [0.25, 0.3) is 0 Å². The second kappa shape index (κ2) is 7.05. The standard InChI is InChI=1S/C17H18N2OS/c1-13(11-15-9-6-10-21-15)19(2)17(20)16(12-18)14-7-4-3-5-8-14/h3-10,13,16H,11H2,1-2H3. The molecule has 2 atom stereocenters. The van der Waals surface area contributed by atoms with Crippen LogP contribution in [-0.4, -0.2) is 23.9 Å². The third kappa shape index (κ3) is 3.71. The third-order valence-electron chi connectivity index (χ3n) is 3.59. The topological polar surface area (TPSA) is 44.1 Å². The summed E-state index contributed by atoms with van der Waals surface area (Å²) in [5, 5.41) is 11.4. The largest absolute Gasteiger partial charge is 0.341 e. The minimum absolute atomic E-state index is 0.0655. The zero-order valence-electron chi connectivity index (χ0n) is 12.2. The normalized spacial score (nSPS) is 13.2. The van der Waals surface area contributed by atoms with Crippen molar-refractivity contribution in [1.29, 1.82) is 5.26 Å². The number of carbonyl (C=O) groups is 1. The van der Waals surface area contributed by atoms with Crippen molar-refractivity contribution in [3.05, 3.63) is 58.3 Å². The van der Waals surface area contributed by atoms with Crippen LogP contribution in [-0.2, 0) is 11.2 Å². The zero-order valence-corrected chi connectivity index (χ0v) is 13.0. The molecule has 0 aliphatic heterocycles. The van der Waals surface area contributed by atoms with Gasteiger partial charge in [0.05, 0.1) is 6.07 Å². The minimum atomic E-state index is -0.734. The molecule has 2 aromatic rings. The number of amides is 1. The number of thiophene rings is 1. The van der Waals surface area contributed by atoms with Crippen molar-refractivity contribution in [2.75, 3.05) is 7.05 Å². The van der Waals surface area contributed by atoms with Crippen LogP contribution in [0.5, 0.6) is 0 Å². The molecule has 1 aromatic heterocycles. The second-order valence-electron chi connectivity index (χ2n) is 5.05. The molecule has 0 aliphatic rings. The van der Waals surface area contributed by atoms with E-state index in [9.17, 15) is 10.1 Å². The van der Waals surface area contributed by atoms with Crippen LogP contribution in [0.15, 0.2) is 47.8 Å². The van der Waals surface area contributed by atoms with Crippen LogP contribution >= 0.6 is 11.3 Å². The number of nitriles is 1. The van der Waals surface area contributed by atoms with Crippen molar-refractivity contribution in [3.63, 3.8) is 0 Å². The van der Waals surface area contributed by atoms with Gasteiger partial charge < -0.3 is 4.90 Å². The van der Waals surface area contributed by atoms with Crippen molar-refractivity contribution in [2.24, 2.45) is 0 Å². The van der Waals surface area contributed by atoms with Crippen molar-refractivity contribution in [3.8, 4) is 6.07 Å². The van der Waals surface area contributed by atoms with E-state index in [0.29, 0.717) is 0 Å². The highest BCUT2D eigenvalue weighted by atomic mass is 32.1. The molecule has 0 bridgehead atoms. The number of likely N-dealkylation sites (N-methyl/N-ethyl adjacent to an activating group) is 1. The fourth-order valence-corrected chi connectivity index (χ4v) is 3.02. The Kier molecular flexibility index (Phi) is 5.13. The lowest BCUT2D eigenvalue weighted by atomic mass is 9.98. The van der Waals surface area contributed by atoms with Crippen LogP contribution in [0.4, 0.5) is 0 Å². The van der Waals surface area contributed by atoms with E-state index in [1.165, 1.54) is 4.88 Å². The lowest BCUT2D eigenvalue weighted by Crippen LogP contribution is -2.39. The van der Waals surface area contributed by atoms with E-state index < -0.39 is 5.92 Å². The summed E-state index contributed by atoms with van der Waals surface area (Å²) in [7, 11) is 1.77. The van der Waals surface area contributed by atoms with Gasteiger partial charge in [-0.15, -0.1) is 11.3 Å². The molecule has 2 unspecified atom stereocenters. The molecule has 0 saturated heterocycles. The first kappa shape index (κ1) is 15.3. The first-order valence-electron chi connectivity index (χ1n) is 6.87. The minimum Gasteiger partial charge on any atom is -0.341 e. The molecule has 0 N–H and O–H groups in total. The van der Waals surface area contributed by atoms with Gasteiger partial charge in [-0.1, -0.05) is 36.4 Å². The van der Waals surface area contributed by atoms with Gasteiger partial charge in [-0.25, -0.2) is 0 Å². The van der Waals surface area contributed by atoms with Gasteiger partial charge in [-0.2, -0.15) is 5.26 Å². The Morgan fingerprint density at radius 3 is 2.57 bits per heavy atom. The molecule has 4 heteroatoms. The molecule has 1 amide bonds. The average Bonchev–Trinajstić information content (AvgIpc) is 3.01. The second-order valence-corrected chi connectivity index (χ2v) is 6.09. The summed E-state index contributed by atoms with van der Waals surface area (Å²) in [6.45, 7) is 2.01. The molecule has 21 heavy (non-hydrogen) atoms. The lowest BCUT2D eigenvalue weighted by Gasteiger charge is -2.26. The molecule has 0 saturated carbocycles. The van der Waals surface area contributed by atoms with E-state index in [1.54, 1.807) is 23.3 Å². The summed E-state index contributed by atoms with van der Waals surface area (Å²) in [6.07, 6.45) is 0.812. The number of hydrogen-bond donors (Lipinski definition) is 0. The predicted octanol–water partition coefficient (Wildman–Crippen LogP) is 3.44. The molecule has 1 heterocycles.